The summed E-state index contributed by atoms with van der Waals surface area (Å²) in [6, 6.07) is 23.2. The maximum absolute atomic E-state index is 12.0. The molecular weight excluding hydrogens is 546 g/mol. The molecule has 0 spiro atoms. The van der Waals surface area contributed by atoms with Crippen LogP contribution in [0.5, 0.6) is 5.75 Å². The van der Waals surface area contributed by atoms with Gasteiger partial charge in [0.25, 0.3) is 0 Å². The fraction of sp³-hybridized carbons (Fsp3) is 0.371. The number of H-pyrrole nitrogens is 1. The molecule has 3 aromatic carbocycles. The normalized spacial score (nSPS) is 11.9. The molecule has 0 unspecified atom stereocenters. The van der Waals surface area contributed by atoms with Crippen molar-refractivity contribution in [1.29, 1.82) is 0 Å². The summed E-state index contributed by atoms with van der Waals surface area (Å²) in [5.74, 6) is 0.773. The van der Waals surface area contributed by atoms with E-state index in [0.717, 1.165) is 52.7 Å². The number of carboxylic acid groups (broad SMARTS) is 1. The second-order valence-electron chi connectivity index (χ2n) is 11.7. The maximum atomic E-state index is 12.0. The third kappa shape index (κ3) is 9.38. The van der Waals surface area contributed by atoms with Crippen LogP contribution in [0.25, 0.3) is 22.6 Å². The quantitative estimate of drug-likeness (QED) is 0.128. The van der Waals surface area contributed by atoms with Gasteiger partial charge in [0.05, 0.1) is 18.5 Å². The van der Waals surface area contributed by atoms with Crippen LogP contribution >= 0.6 is 12.4 Å². The van der Waals surface area contributed by atoms with E-state index >= 15 is 0 Å². The first kappa shape index (κ1) is 32.7. The average Bonchev–Trinajstić information content (AvgIpc) is 3.45. The van der Waals surface area contributed by atoms with Crippen LogP contribution in [-0.4, -0.2) is 33.7 Å². The Bertz CT molecular complexity index is 1380. The lowest BCUT2D eigenvalue weighted by molar-refractivity contribution is -0.137. The molecule has 0 fully saturated rings. The number of nitrogens with one attached hydrogen (secondary N) is 2. The lowest BCUT2D eigenvalue weighted by Gasteiger charge is -2.20. The van der Waals surface area contributed by atoms with Crippen molar-refractivity contribution in [2.45, 2.75) is 77.7 Å². The number of aromatic amines is 1. The summed E-state index contributed by atoms with van der Waals surface area (Å²) in [6.07, 6.45) is 8.32. The Morgan fingerprint density at radius 2 is 1.55 bits per heavy atom. The second-order valence-corrected chi connectivity index (χ2v) is 11.7. The summed E-state index contributed by atoms with van der Waals surface area (Å²) in [7, 11) is 0. The first-order valence-electron chi connectivity index (χ1n) is 14.7. The van der Waals surface area contributed by atoms with Crippen LogP contribution in [-0.2, 0) is 16.6 Å². The molecule has 0 radical (unpaired) electrons. The highest BCUT2D eigenvalue weighted by atomic mass is 35.5. The molecule has 0 saturated carbocycles. The number of nitrogens with zero attached hydrogens (tertiary/aromatic N) is 1. The van der Waals surface area contributed by atoms with Gasteiger partial charge in [-0.25, -0.2) is 9.78 Å². The molecule has 0 bridgehead atoms. The van der Waals surface area contributed by atoms with Gasteiger partial charge in [-0.05, 0) is 64.9 Å². The van der Waals surface area contributed by atoms with Gasteiger partial charge in [-0.1, -0.05) is 89.8 Å². The Kier molecular flexibility index (Phi) is 12.0. The highest BCUT2D eigenvalue weighted by Gasteiger charge is 2.19. The standard InChI is InChI=1S/C35H43N3O3.ClH/c1-5-6-7-8-9-22-41-30-20-14-26(15-21-30)32-24-36-33(38-32)27-12-10-25(11-13-27)23-31(34(39)40)37-29-18-16-28(17-19-29)35(2,3)4;/h10-21,24,31,37H,5-9,22-23H2,1-4H3,(H,36,38)(H,39,40);1H/t31-;/m0./s1. The van der Waals surface area contributed by atoms with Crippen molar-refractivity contribution in [2.24, 2.45) is 0 Å². The Hall–Kier alpha value is -3.77. The van der Waals surface area contributed by atoms with Crippen molar-refractivity contribution in [3.8, 4) is 28.4 Å². The van der Waals surface area contributed by atoms with E-state index < -0.39 is 12.0 Å². The molecule has 4 aromatic rings. The van der Waals surface area contributed by atoms with Gasteiger partial charge in [-0.2, -0.15) is 0 Å². The van der Waals surface area contributed by atoms with Crippen LogP contribution < -0.4 is 10.1 Å². The summed E-state index contributed by atoms with van der Waals surface area (Å²) >= 11 is 0. The molecule has 1 aromatic heterocycles. The number of ether oxygens (including phenoxy) is 1. The number of anilines is 1. The molecule has 0 aliphatic carbocycles. The number of hydrogen-bond acceptors (Lipinski definition) is 4. The molecule has 3 N–H and O–H groups in total. The van der Waals surface area contributed by atoms with E-state index in [0.29, 0.717) is 6.42 Å². The molecule has 0 aliphatic heterocycles. The Morgan fingerprint density at radius 3 is 2.17 bits per heavy atom. The zero-order valence-corrected chi connectivity index (χ0v) is 26.0. The zero-order valence-electron chi connectivity index (χ0n) is 25.2. The topological polar surface area (TPSA) is 87.2 Å². The first-order chi connectivity index (χ1) is 19.7. The number of carboxylic acids is 1. The molecule has 42 heavy (non-hydrogen) atoms. The van der Waals surface area contributed by atoms with Gasteiger partial charge in [0, 0.05) is 17.7 Å². The Morgan fingerprint density at radius 1 is 0.905 bits per heavy atom. The van der Waals surface area contributed by atoms with Gasteiger partial charge >= 0.3 is 5.97 Å². The van der Waals surface area contributed by atoms with Crippen LogP contribution in [0.15, 0.2) is 79.0 Å². The van der Waals surface area contributed by atoms with Crippen LogP contribution in [0.3, 0.4) is 0 Å². The van der Waals surface area contributed by atoms with Crippen molar-refractivity contribution in [2.75, 3.05) is 11.9 Å². The van der Waals surface area contributed by atoms with Crippen molar-refractivity contribution < 1.29 is 14.6 Å². The molecule has 224 valence electrons. The number of aromatic nitrogens is 2. The number of unbranched alkanes of at least 4 members (excludes halogenated alkanes) is 4. The van der Waals surface area contributed by atoms with Gasteiger partial charge in [0.2, 0.25) is 0 Å². The molecule has 6 nitrogen and oxygen atoms in total. The van der Waals surface area contributed by atoms with Gasteiger partial charge in [-0.3, -0.25) is 0 Å². The van der Waals surface area contributed by atoms with E-state index in [1.807, 2.05) is 79.0 Å². The maximum Gasteiger partial charge on any atom is 0.326 e. The number of halogens is 1. The molecule has 0 saturated heterocycles. The van der Waals surface area contributed by atoms with E-state index in [4.69, 9.17) is 4.74 Å². The van der Waals surface area contributed by atoms with Crippen LogP contribution in [0.1, 0.15) is 70.9 Å². The minimum Gasteiger partial charge on any atom is -0.494 e. The van der Waals surface area contributed by atoms with Gasteiger partial charge in [0.15, 0.2) is 0 Å². The smallest absolute Gasteiger partial charge is 0.326 e. The number of imidazole rings is 1. The molecule has 1 heterocycles. The third-order valence-electron chi connectivity index (χ3n) is 7.31. The Balaban J connectivity index is 0.00000484. The minimum absolute atomic E-state index is 0. The van der Waals surface area contributed by atoms with Gasteiger partial charge < -0.3 is 20.1 Å². The fourth-order valence-electron chi connectivity index (χ4n) is 4.74. The number of hydrogen-bond donors (Lipinski definition) is 3. The Labute approximate surface area is 256 Å². The lowest BCUT2D eigenvalue weighted by atomic mass is 9.87. The SMILES string of the molecule is CCCCCCCOc1ccc(-c2cnc(-c3ccc(C[C@H](Nc4ccc(C(C)(C)C)cc4)C(=O)O)cc3)[nH]2)cc1.Cl. The molecule has 7 heteroatoms. The fourth-order valence-corrected chi connectivity index (χ4v) is 4.74. The number of carbonyl (C=O) groups is 1. The molecule has 0 amide bonds. The molecule has 4 rings (SSSR count). The van der Waals surface area contributed by atoms with Gasteiger partial charge in [0.1, 0.15) is 17.6 Å². The number of benzene rings is 3. The first-order valence-corrected chi connectivity index (χ1v) is 14.7. The highest BCUT2D eigenvalue weighted by molar-refractivity contribution is 5.85. The number of aliphatic carboxylic acids is 1. The van der Waals surface area contributed by atoms with E-state index in [2.05, 4.69) is 43.0 Å². The van der Waals surface area contributed by atoms with Crippen molar-refractivity contribution in [1.82, 2.24) is 9.97 Å². The van der Waals surface area contributed by atoms with Crippen LogP contribution in [0.4, 0.5) is 5.69 Å². The van der Waals surface area contributed by atoms with Crippen LogP contribution in [0.2, 0.25) is 0 Å². The second kappa shape index (κ2) is 15.5. The van der Waals surface area contributed by atoms with Crippen molar-refractivity contribution in [3.05, 3.63) is 90.1 Å². The van der Waals surface area contributed by atoms with Crippen molar-refractivity contribution in [3.63, 3.8) is 0 Å². The third-order valence-corrected chi connectivity index (χ3v) is 7.31. The monoisotopic (exact) mass is 589 g/mol. The predicted octanol–water partition coefficient (Wildman–Crippen LogP) is 8.92. The van der Waals surface area contributed by atoms with Gasteiger partial charge in [-0.15, -0.1) is 12.4 Å². The van der Waals surface area contributed by atoms with Crippen LogP contribution in [0, 0.1) is 0 Å². The molecule has 0 aliphatic rings. The number of rotatable bonds is 14. The molecule has 1 atom stereocenters. The summed E-state index contributed by atoms with van der Waals surface area (Å²) < 4.78 is 5.89. The largest absolute Gasteiger partial charge is 0.494 e. The van der Waals surface area contributed by atoms with E-state index in [9.17, 15) is 9.90 Å². The summed E-state index contributed by atoms with van der Waals surface area (Å²) in [5, 5.41) is 13.0. The van der Waals surface area contributed by atoms with E-state index in [1.54, 1.807) is 0 Å². The van der Waals surface area contributed by atoms with Crippen molar-refractivity contribution >= 4 is 24.1 Å². The summed E-state index contributed by atoms with van der Waals surface area (Å²) in [6.45, 7) is 9.45. The predicted molar refractivity (Wildman–Crippen MR) is 175 cm³/mol. The molecular formula is C35H44ClN3O3. The minimum atomic E-state index is -0.881. The van der Waals surface area contributed by atoms with E-state index in [1.165, 1.54) is 31.2 Å². The lowest BCUT2D eigenvalue weighted by Crippen LogP contribution is -2.31. The summed E-state index contributed by atoms with van der Waals surface area (Å²) in [5.41, 5.74) is 5.92. The van der Waals surface area contributed by atoms with E-state index in [-0.39, 0.29) is 17.8 Å². The summed E-state index contributed by atoms with van der Waals surface area (Å²) in [4.78, 5) is 20.0. The average molecular weight is 590 g/mol. The highest BCUT2D eigenvalue weighted by Crippen LogP contribution is 2.26. The zero-order chi connectivity index (χ0) is 29.2.